The first-order valence-electron chi connectivity index (χ1n) is 10.8. The lowest BCUT2D eigenvalue weighted by Crippen LogP contribution is -2.40. The third-order valence-electron chi connectivity index (χ3n) is 6.57. The number of amides is 1. The van der Waals surface area contributed by atoms with E-state index in [0.717, 1.165) is 61.3 Å². The predicted molar refractivity (Wildman–Crippen MR) is 115 cm³/mol. The number of cyclic esters (lactones) is 1. The number of piperidine rings is 1. The summed E-state index contributed by atoms with van der Waals surface area (Å²) in [5.41, 5.74) is 3.23. The molecule has 2 N–H and O–H groups in total. The van der Waals surface area contributed by atoms with Crippen molar-refractivity contribution in [2.45, 2.75) is 51.2 Å². The van der Waals surface area contributed by atoms with E-state index in [1.54, 1.807) is 6.07 Å². The number of ether oxygens (including phenoxy) is 1. The van der Waals surface area contributed by atoms with Gasteiger partial charge in [-0.3, -0.25) is 4.79 Å². The van der Waals surface area contributed by atoms with Gasteiger partial charge >= 0.3 is 5.97 Å². The van der Waals surface area contributed by atoms with E-state index >= 15 is 0 Å². The van der Waals surface area contributed by atoms with Crippen LogP contribution in [0.2, 0.25) is 0 Å². The second-order valence-corrected chi connectivity index (χ2v) is 9.45. The van der Waals surface area contributed by atoms with Crippen LogP contribution in [0.15, 0.2) is 12.1 Å². The predicted octanol–water partition coefficient (Wildman–Crippen LogP) is 2.78. The molecule has 1 aliphatic carbocycles. The van der Waals surface area contributed by atoms with Gasteiger partial charge in [-0.2, -0.15) is 4.37 Å². The number of rotatable bonds is 6. The Morgan fingerprint density at radius 1 is 1.32 bits per heavy atom. The number of hydrogen-bond donors (Lipinski definition) is 2. The first-order valence-corrected chi connectivity index (χ1v) is 11.6. The van der Waals surface area contributed by atoms with Crippen molar-refractivity contribution in [3.05, 3.63) is 40.2 Å². The second kappa shape index (κ2) is 8.29. The van der Waals surface area contributed by atoms with Crippen molar-refractivity contribution in [3.63, 3.8) is 0 Å². The van der Waals surface area contributed by atoms with E-state index in [9.17, 15) is 14.7 Å². The summed E-state index contributed by atoms with van der Waals surface area (Å²) >= 11 is 1.26. The molecule has 2 fully saturated rings. The largest absolute Gasteiger partial charge is 0.457 e. The standard InChI is InChI=1S/C22H26N4O4S/c1-12-15(4-5-16-17(12)11-30-21(16)29)18(27)10-26-8-6-14(7-9-26)20(28)24-22-23-19(25-31-22)13-2-3-13/h4-5,13-14,18,27H,2-3,6-11H2,1H3,(H,23,24,25,28)/t18-/m0/s1. The molecule has 0 bridgehead atoms. The molecule has 1 saturated carbocycles. The average Bonchev–Trinajstić information content (AvgIpc) is 3.40. The maximum absolute atomic E-state index is 12.6. The van der Waals surface area contributed by atoms with Crippen LogP contribution in [-0.4, -0.2) is 50.9 Å². The number of carbonyl (C=O) groups excluding carboxylic acids is 2. The Balaban J connectivity index is 1.14. The zero-order valence-electron chi connectivity index (χ0n) is 17.5. The van der Waals surface area contributed by atoms with E-state index in [-0.39, 0.29) is 24.4 Å². The van der Waals surface area contributed by atoms with E-state index in [2.05, 4.69) is 19.6 Å². The van der Waals surface area contributed by atoms with Crippen molar-refractivity contribution in [1.82, 2.24) is 14.3 Å². The lowest BCUT2D eigenvalue weighted by Gasteiger charge is -2.32. The zero-order valence-corrected chi connectivity index (χ0v) is 18.3. The molecule has 2 aliphatic heterocycles. The lowest BCUT2D eigenvalue weighted by molar-refractivity contribution is -0.121. The smallest absolute Gasteiger partial charge is 0.338 e. The average molecular weight is 443 g/mol. The van der Waals surface area contributed by atoms with Gasteiger partial charge in [0.2, 0.25) is 11.0 Å². The minimum atomic E-state index is -0.645. The van der Waals surface area contributed by atoms with Crippen molar-refractivity contribution in [3.8, 4) is 0 Å². The number of esters is 1. The Morgan fingerprint density at radius 2 is 2.10 bits per heavy atom. The molecule has 3 heterocycles. The molecule has 0 unspecified atom stereocenters. The minimum absolute atomic E-state index is 0.0119. The van der Waals surface area contributed by atoms with Gasteiger partial charge < -0.3 is 20.1 Å². The molecule has 3 aliphatic rings. The second-order valence-electron chi connectivity index (χ2n) is 8.69. The summed E-state index contributed by atoms with van der Waals surface area (Å²) in [5.74, 6) is 1.02. The number of carbonyl (C=O) groups is 2. The number of anilines is 1. The number of nitrogens with one attached hydrogen (secondary N) is 1. The number of benzene rings is 1. The molecule has 0 spiro atoms. The van der Waals surface area contributed by atoms with Crippen LogP contribution in [0.25, 0.3) is 0 Å². The van der Waals surface area contributed by atoms with Gasteiger partial charge in [0.1, 0.15) is 12.4 Å². The van der Waals surface area contributed by atoms with Gasteiger partial charge in [-0.1, -0.05) is 6.07 Å². The molecule has 1 saturated heterocycles. The molecule has 1 amide bonds. The van der Waals surface area contributed by atoms with Crippen molar-refractivity contribution >= 4 is 28.5 Å². The number of β-amino-alcohol motifs (C(OH)–C–C–N with tert-alkyl or cyclic N) is 1. The Hall–Kier alpha value is -2.36. The Labute approximate surface area is 184 Å². The van der Waals surface area contributed by atoms with Crippen LogP contribution in [-0.2, 0) is 16.1 Å². The lowest BCUT2D eigenvalue weighted by atomic mass is 9.93. The first kappa shape index (κ1) is 20.5. The van der Waals surface area contributed by atoms with Crippen LogP contribution in [0, 0.1) is 12.8 Å². The van der Waals surface area contributed by atoms with E-state index in [4.69, 9.17) is 4.74 Å². The van der Waals surface area contributed by atoms with Gasteiger partial charge in [0.15, 0.2) is 0 Å². The van der Waals surface area contributed by atoms with Gasteiger partial charge in [-0.25, -0.2) is 9.78 Å². The molecule has 31 heavy (non-hydrogen) atoms. The quantitative estimate of drug-likeness (QED) is 0.663. The van der Waals surface area contributed by atoms with E-state index < -0.39 is 6.10 Å². The summed E-state index contributed by atoms with van der Waals surface area (Å²) in [6, 6.07) is 3.57. The number of aliphatic hydroxyl groups is 1. The fourth-order valence-corrected chi connectivity index (χ4v) is 5.10. The SMILES string of the molecule is Cc1c([C@@H](O)CN2CCC(C(=O)Nc3nc(C4CC4)ns3)CC2)ccc2c1COC2=O. The maximum Gasteiger partial charge on any atom is 0.338 e. The van der Waals surface area contributed by atoms with Crippen molar-refractivity contribution in [2.24, 2.45) is 5.92 Å². The number of aromatic nitrogens is 2. The van der Waals surface area contributed by atoms with Crippen LogP contribution in [0.4, 0.5) is 5.13 Å². The Bertz CT molecular complexity index is 1010. The number of fused-ring (bicyclic) bond motifs is 1. The van der Waals surface area contributed by atoms with Gasteiger partial charge in [-0.15, -0.1) is 0 Å². The molecule has 2 aromatic rings. The van der Waals surface area contributed by atoms with Crippen LogP contribution < -0.4 is 5.32 Å². The van der Waals surface area contributed by atoms with Crippen LogP contribution in [0.5, 0.6) is 0 Å². The summed E-state index contributed by atoms with van der Waals surface area (Å²) in [6.07, 6.45) is 3.14. The van der Waals surface area contributed by atoms with E-state index in [0.29, 0.717) is 23.2 Å². The highest BCUT2D eigenvalue weighted by Gasteiger charge is 2.31. The van der Waals surface area contributed by atoms with Crippen molar-refractivity contribution < 1.29 is 19.4 Å². The molecular weight excluding hydrogens is 416 g/mol. The molecule has 1 aromatic carbocycles. The monoisotopic (exact) mass is 442 g/mol. The van der Waals surface area contributed by atoms with E-state index in [1.165, 1.54) is 11.5 Å². The van der Waals surface area contributed by atoms with Crippen LogP contribution in [0.1, 0.15) is 70.6 Å². The Kier molecular flexibility index (Phi) is 5.49. The minimum Gasteiger partial charge on any atom is -0.457 e. The third-order valence-corrected chi connectivity index (χ3v) is 7.22. The van der Waals surface area contributed by atoms with Crippen LogP contribution in [0.3, 0.4) is 0 Å². The molecule has 1 aromatic heterocycles. The summed E-state index contributed by atoms with van der Waals surface area (Å²) in [7, 11) is 0. The fraction of sp³-hybridized carbons (Fsp3) is 0.545. The topological polar surface area (TPSA) is 105 Å². The molecule has 8 nitrogen and oxygen atoms in total. The van der Waals surface area contributed by atoms with Gasteiger partial charge in [-0.05, 0) is 62.9 Å². The first-order chi connectivity index (χ1) is 15.0. The molecule has 0 radical (unpaired) electrons. The highest BCUT2D eigenvalue weighted by atomic mass is 32.1. The van der Waals surface area contributed by atoms with Crippen molar-refractivity contribution in [1.29, 1.82) is 0 Å². The van der Waals surface area contributed by atoms with Gasteiger partial charge in [0, 0.05) is 35.5 Å². The highest BCUT2D eigenvalue weighted by molar-refractivity contribution is 7.09. The molecule has 5 rings (SSSR count). The summed E-state index contributed by atoms with van der Waals surface area (Å²) in [5, 5.41) is 14.3. The van der Waals surface area contributed by atoms with E-state index in [1.807, 2.05) is 13.0 Å². The summed E-state index contributed by atoms with van der Waals surface area (Å²) < 4.78 is 9.44. The fourth-order valence-electron chi connectivity index (χ4n) is 4.45. The maximum atomic E-state index is 12.6. The number of aliphatic hydroxyl groups excluding tert-OH is 1. The number of hydrogen-bond acceptors (Lipinski definition) is 8. The third kappa shape index (κ3) is 4.22. The number of nitrogens with zero attached hydrogens (tertiary/aromatic N) is 3. The van der Waals surface area contributed by atoms with Crippen LogP contribution >= 0.6 is 11.5 Å². The molecule has 164 valence electrons. The normalized spacial score (nSPS) is 20.4. The highest BCUT2D eigenvalue weighted by Crippen LogP contribution is 2.39. The van der Waals surface area contributed by atoms with Gasteiger partial charge in [0.05, 0.1) is 11.7 Å². The molecule has 1 atom stereocenters. The zero-order chi connectivity index (χ0) is 21.5. The Morgan fingerprint density at radius 3 is 2.84 bits per heavy atom. The van der Waals surface area contributed by atoms with Crippen molar-refractivity contribution in [2.75, 3.05) is 25.0 Å². The summed E-state index contributed by atoms with van der Waals surface area (Å²) in [6.45, 7) is 4.22. The molecular formula is C22H26N4O4S. The molecule has 9 heteroatoms. The number of likely N-dealkylation sites (tertiary alicyclic amines) is 1. The van der Waals surface area contributed by atoms with Gasteiger partial charge in [0.25, 0.3) is 0 Å². The summed E-state index contributed by atoms with van der Waals surface area (Å²) in [4.78, 5) is 31.0.